The van der Waals surface area contributed by atoms with E-state index in [0.717, 1.165) is 12.3 Å². The van der Waals surface area contributed by atoms with Gasteiger partial charge in [-0.1, -0.05) is 0 Å². The summed E-state index contributed by atoms with van der Waals surface area (Å²) in [4.78, 5) is 25.0. The van der Waals surface area contributed by atoms with Crippen molar-refractivity contribution in [3.8, 4) is 0 Å². The van der Waals surface area contributed by atoms with E-state index in [-0.39, 0.29) is 17.3 Å². The minimum absolute atomic E-state index is 0.0150. The van der Waals surface area contributed by atoms with Crippen molar-refractivity contribution in [2.24, 2.45) is 0 Å². The molecule has 104 valence electrons. The molecule has 1 rings (SSSR count). The molecular formula is C12H22N2O3S. The lowest BCUT2D eigenvalue weighted by Gasteiger charge is -2.30. The minimum atomic E-state index is -0.555. The first kappa shape index (κ1) is 15.1. The number of carbonyl (C=O) groups is 2. The van der Waals surface area contributed by atoms with Gasteiger partial charge < -0.3 is 15.0 Å². The molecule has 2 amide bonds. The predicted octanol–water partition coefficient (Wildman–Crippen LogP) is 1.82. The second-order valence-electron chi connectivity index (χ2n) is 5.70. The van der Waals surface area contributed by atoms with Crippen LogP contribution in [0.4, 0.5) is 4.79 Å². The summed E-state index contributed by atoms with van der Waals surface area (Å²) >= 11 is 1.74. The van der Waals surface area contributed by atoms with Crippen molar-refractivity contribution in [2.75, 3.05) is 18.8 Å². The Morgan fingerprint density at radius 3 is 2.44 bits per heavy atom. The molecule has 0 unspecified atom stereocenters. The van der Waals surface area contributed by atoms with Crippen molar-refractivity contribution in [3.63, 3.8) is 0 Å². The summed E-state index contributed by atoms with van der Waals surface area (Å²) in [6.45, 7) is 10.1. The van der Waals surface area contributed by atoms with E-state index in [0.29, 0.717) is 0 Å². The maximum Gasteiger partial charge on any atom is 0.408 e. The minimum Gasteiger partial charge on any atom is -0.444 e. The van der Waals surface area contributed by atoms with Crippen LogP contribution in [0.1, 0.15) is 34.6 Å². The SMILES string of the molecule is CC(C)(C)OC(=O)NCC(=O)N1CCSC1(C)C. The third-order valence-electron chi connectivity index (χ3n) is 2.50. The molecule has 1 N–H and O–H groups in total. The van der Waals surface area contributed by atoms with E-state index in [2.05, 4.69) is 5.32 Å². The van der Waals surface area contributed by atoms with Crippen molar-refractivity contribution in [1.82, 2.24) is 10.2 Å². The Morgan fingerprint density at radius 2 is 2.00 bits per heavy atom. The summed E-state index contributed by atoms with van der Waals surface area (Å²) in [6, 6.07) is 0. The second kappa shape index (κ2) is 5.38. The molecule has 0 aromatic carbocycles. The molecule has 0 radical (unpaired) electrons. The van der Waals surface area contributed by atoms with Crippen LogP contribution < -0.4 is 5.32 Å². The highest BCUT2D eigenvalue weighted by molar-refractivity contribution is 8.00. The number of hydrogen-bond acceptors (Lipinski definition) is 4. The number of alkyl carbamates (subject to hydrolysis) is 1. The van der Waals surface area contributed by atoms with Gasteiger partial charge in [0.15, 0.2) is 0 Å². The van der Waals surface area contributed by atoms with Gasteiger partial charge in [-0.05, 0) is 34.6 Å². The number of nitrogens with zero attached hydrogens (tertiary/aromatic N) is 1. The normalized spacial score (nSPS) is 18.6. The van der Waals surface area contributed by atoms with Gasteiger partial charge in [-0.2, -0.15) is 0 Å². The molecule has 5 nitrogen and oxygen atoms in total. The second-order valence-corrected chi connectivity index (χ2v) is 7.39. The molecule has 0 aromatic rings. The summed E-state index contributed by atoms with van der Waals surface area (Å²) in [5, 5.41) is 2.49. The lowest BCUT2D eigenvalue weighted by Crippen LogP contribution is -2.47. The van der Waals surface area contributed by atoms with Crippen molar-refractivity contribution in [1.29, 1.82) is 0 Å². The molecule has 0 atom stereocenters. The van der Waals surface area contributed by atoms with E-state index in [1.54, 1.807) is 37.4 Å². The molecule has 1 aliphatic rings. The monoisotopic (exact) mass is 274 g/mol. The Balaban J connectivity index is 2.40. The third-order valence-corrected chi connectivity index (χ3v) is 3.82. The molecule has 6 heteroatoms. The number of carbonyl (C=O) groups excluding carboxylic acids is 2. The van der Waals surface area contributed by atoms with E-state index < -0.39 is 11.7 Å². The van der Waals surface area contributed by atoms with Crippen LogP contribution in [0, 0.1) is 0 Å². The van der Waals surface area contributed by atoms with Gasteiger partial charge in [-0.25, -0.2) is 4.79 Å². The van der Waals surface area contributed by atoms with Gasteiger partial charge >= 0.3 is 6.09 Å². The Kier molecular flexibility index (Phi) is 4.53. The number of thioether (sulfide) groups is 1. The molecule has 18 heavy (non-hydrogen) atoms. The molecule has 1 saturated heterocycles. The highest BCUT2D eigenvalue weighted by Crippen LogP contribution is 2.34. The zero-order valence-electron chi connectivity index (χ0n) is 11.7. The summed E-state index contributed by atoms with van der Waals surface area (Å²) in [6.07, 6.45) is -0.555. The Hall–Kier alpha value is -0.910. The Labute approximate surface area is 113 Å². The largest absolute Gasteiger partial charge is 0.444 e. The highest BCUT2D eigenvalue weighted by atomic mass is 32.2. The molecular weight excluding hydrogens is 252 g/mol. The summed E-state index contributed by atoms with van der Waals surface area (Å²) in [7, 11) is 0. The van der Waals surface area contributed by atoms with Crippen LogP contribution >= 0.6 is 11.8 Å². The molecule has 0 bridgehead atoms. The number of rotatable bonds is 2. The van der Waals surface area contributed by atoms with Crippen molar-refractivity contribution >= 4 is 23.8 Å². The van der Waals surface area contributed by atoms with E-state index in [1.165, 1.54) is 0 Å². The first-order valence-corrected chi connectivity index (χ1v) is 7.02. The van der Waals surface area contributed by atoms with Crippen LogP contribution in [0.15, 0.2) is 0 Å². The predicted molar refractivity (Wildman–Crippen MR) is 72.5 cm³/mol. The number of amides is 2. The average Bonchev–Trinajstić information content (AvgIpc) is 2.52. The van der Waals surface area contributed by atoms with E-state index in [1.807, 2.05) is 13.8 Å². The summed E-state index contributed by atoms with van der Waals surface area (Å²) in [5.41, 5.74) is -0.546. The van der Waals surface area contributed by atoms with Crippen LogP contribution in [0.5, 0.6) is 0 Å². The number of nitrogens with one attached hydrogen (secondary N) is 1. The fraction of sp³-hybridized carbons (Fsp3) is 0.833. The van der Waals surface area contributed by atoms with Crippen molar-refractivity contribution in [3.05, 3.63) is 0 Å². The van der Waals surface area contributed by atoms with E-state index in [9.17, 15) is 9.59 Å². The van der Waals surface area contributed by atoms with Gasteiger partial charge in [0.25, 0.3) is 0 Å². The van der Waals surface area contributed by atoms with E-state index in [4.69, 9.17) is 4.74 Å². The van der Waals surface area contributed by atoms with Gasteiger partial charge in [-0.15, -0.1) is 11.8 Å². The maximum atomic E-state index is 12.0. The van der Waals surface area contributed by atoms with Gasteiger partial charge in [0.2, 0.25) is 5.91 Å². The fourth-order valence-corrected chi connectivity index (χ4v) is 2.84. The van der Waals surface area contributed by atoms with Crippen molar-refractivity contribution < 1.29 is 14.3 Å². The van der Waals surface area contributed by atoms with Crippen LogP contribution in [-0.4, -0.2) is 46.2 Å². The lowest BCUT2D eigenvalue weighted by atomic mass is 10.2. The molecule has 0 aliphatic carbocycles. The quantitative estimate of drug-likeness (QED) is 0.834. The number of hydrogen-bond donors (Lipinski definition) is 1. The average molecular weight is 274 g/mol. The Morgan fingerprint density at radius 1 is 1.39 bits per heavy atom. The lowest BCUT2D eigenvalue weighted by molar-refractivity contribution is -0.131. The first-order valence-electron chi connectivity index (χ1n) is 6.03. The van der Waals surface area contributed by atoms with Crippen molar-refractivity contribution in [2.45, 2.75) is 45.1 Å². The third kappa shape index (κ3) is 4.40. The fourth-order valence-electron chi connectivity index (χ4n) is 1.72. The zero-order valence-corrected chi connectivity index (χ0v) is 12.5. The highest BCUT2D eigenvalue weighted by Gasteiger charge is 2.36. The molecule has 1 aliphatic heterocycles. The van der Waals surface area contributed by atoms with Crippen LogP contribution in [0.25, 0.3) is 0 Å². The molecule has 0 saturated carbocycles. The van der Waals surface area contributed by atoms with Crippen LogP contribution in [0.2, 0.25) is 0 Å². The molecule has 1 fully saturated rings. The topological polar surface area (TPSA) is 58.6 Å². The molecule has 0 spiro atoms. The van der Waals surface area contributed by atoms with Crippen LogP contribution in [0.3, 0.4) is 0 Å². The van der Waals surface area contributed by atoms with Gasteiger partial charge in [0.05, 0.1) is 4.87 Å². The van der Waals surface area contributed by atoms with Gasteiger partial charge in [0, 0.05) is 12.3 Å². The van der Waals surface area contributed by atoms with E-state index >= 15 is 0 Å². The summed E-state index contributed by atoms with van der Waals surface area (Å²) in [5.74, 6) is 0.862. The smallest absolute Gasteiger partial charge is 0.408 e. The first-order chi connectivity index (χ1) is 8.12. The summed E-state index contributed by atoms with van der Waals surface area (Å²) < 4.78 is 5.08. The maximum absolute atomic E-state index is 12.0. The van der Waals surface area contributed by atoms with Crippen LogP contribution in [-0.2, 0) is 9.53 Å². The zero-order chi connectivity index (χ0) is 14.0. The van der Waals surface area contributed by atoms with Gasteiger partial charge in [-0.3, -0.25) is 4.79 Å². The Bertz CT molecular complexity index is 337. The molecule has 0 aromatic heterocycles. The molecule has 1 heterocycles. The van der Waals surface area contributed by atoms with Gasteiger partial charge in [0.1, 0.15) is 12.1 Å². The number of ether oxygens (including phenoxy) is 1. The standard InChI is InChI=1S/C12H22N2O3S/c1-11(2,3)17-10(16)13-8-9(15)14-6-7-18-12(14,4)5/h6-8H2,1-5H3,(H,13,16).